The summed E-state index contributed by atoms with van der Waals surface area (Å²) in [4.78, 5) is 12.3. The Morgan fingerprint density at radius 2 is 1.77 bits per heavy atom. The molecule has 0 bridgehead atoms. The zero-order valence-corrected chi connectivity index (χ0v) is 18.5. The van der Waals surface area contributed by atoms with Crippen molar-refractivity contribution in [2.75, 3.05) is 24.5 Å². The Kier molecular flexibility index (Phi) is 7.70. The monoisotopic (exact) mass is 469 g/mol. The molecule has 30 heavy (non-hydrogen) atoms. The van der Waals surface area contributed by atoms with Crippen LogP contribution >= 0.6 is 15.9 Å². The number of ether oxygens (including phenoxy) is 2. The normalized spacial score (nSPS) is 10.4. The Morgan fingerprint density at radius 3 is 2.50 bits per heavy atom. The van der Waals surface area contributed by atoms with Gasteiger partial charge in [-0.3, -0.25) is 4.79 Å². The van der Waals surface area contributed by atoms with Crippen LogP contribution in [0.15, 0.2) is 71.2 Å². The third kappa shape index (κ3) is 5.98. The number of rotatable bonds is 9. The van der Waals surface area contributed by atoms with Crippen molar-refractivity contribution in [1.82, 2.24) is 5.43 Å². The Hall–Kier alpha value is -3.03. The molecule has 3 aromatic carbocycles. The van der Waals surface area contributed by atoms with Crippen LogP contribution in [-0.2, 0) is 11.3 Å². The fourth-order valence-electron chi connectivity index (χ4n) is 2.82. The third-order valence-corrected chi connectivity index (χ3v) is 4.94. The second-order valence-corrected chi connectivity index (χ2v) is 7.46. The molecule has 3 N–H and O–H groups in total. The first-order valence-electron chi connectivity index (χ1n) is 9.45. The first-order chi connectivity index (χ1) is 14.6. The van der Waals surface area contributed by atoms with E-state index < -0.39 is 0 Å². The minimum absolute atomic E-state index is 0.129. The van der Waals surface area contributed by atoms with Crippen LogP contribution in [-0.4, -0.2) is 19.6 Å². The van der Waals surface area contributed by atoms with Crippen molar-refractivity contribution < 1.29 is 14.3 Å². The van der Waals surface area contributed by atoms with Gasteiger partial charge in [0.1, 0.15) is 0 Å². The molecule has 0 heterocycles. The lowest BCUT2D eigenvalue weighted by Gasteiger charge is -2.15. The molecule has 3 rings (SSSR count). The van der Waals surface area contributed by atoms with E-state index in [-0.39, 0.29) is 12.5 Å². The molecule has 156 valence electrons. The number of hydrazine groups is 1. The molecule has 3 aromatic rings. The molecule has 0 aliphatic carbocycles. The number of para-hydroxylation sites is 2. The summed E-state index contributed by atoms with van der Waals surface area (Å²) in [6, 6.07) is 21.2. The summed E-state index contributed by atoms with van der Waals surface area (Å²) in [7, 11) is 1.57. The molecule has 7 heteroatoms. The Bertz CT molecular complexity index is 996. The first-order valence-corrected chi connectivity index (χ1v) is 10.2. The number of anilines is 2. The second kappa shape index (κ2) is 10.7. The van der Waals surface area contributed by atoms with Crippen LogP contribution in [0.2, 0.25) is 0 Å². The molecule has 0 saturated heterocycles. The Morgan fingerprint density at radius 1 is 1.03 bits per heavy atom. The van der Waals surface area contributed by atoms with Crippen LogP contribution in [0, 0.1) is 6.92 Å². The van der Waals surface area contributed by atoms with E-state index in [0.29, 0.717) is 22.5 Å². The van der Waals surface area contributed by atoms with Crippen molar-refractivity contribution in [3.05, 3.63) is 82.3 Å². The SMILES string of the molecule is COc1cc(CNNc2ccccc2)cc(Br)c1OCC(=O)Nc1ccccc1C. The zero-order chi connectivity index (χ0) is 21.3. The number of halogens is 1. The molecular formula is C23H24BrN3O3. The predicted molar refractivity (Wildman–Crippen MR) is 123 cm³/mol. The number of carbonyl (C=O) groups excluding carboxylic acids is 1. The number of methoxy groups -OCH3 is 1. The van der Waals surface area contributed by atoms with E-state index in [4.69, 9.17) is 9.47 Å². The summed E-state index contributed by atoms with van der Waals surface area (Å²) >= 11 is 3.52. The summed E-state index contributed by atoms with van der Waals surface area (Å²) in [5.74, 6) is 0.790. The summed E-state index contributed by atoms with van der Waals surface area (Å²) in [5, 5.41) is 2.85. The van der Waals surface area contributed by atoms with Gasteiger partial charge < -0.3 is 20.2 Å². The molecule has 0 aromatic heterocycles. The van der Waals surface area contributed by atoms with Crippen LogP contribution in [0.1, 0.15) is 11.1 Å². The Labute approximate surface area is 184 Å². The molecule has 0 aliphatic rings. The van der Waals surface area contributed by atoms with Crippen molar-refractivity contribution in [3.8, 4) is 11.5 Å². The van der Waals surface area contributed by atoms with E-state index in [9.17, 15) is 4.79 Å². The average Bonchev–Trinajstić information content (AvgIpc) is 2.75. The average molecular weight is 470 g/mol. The van der Waals surface area contributed by atoms with Crippen molar-refractivity contribution >= 4 is 33.2 Å². The van der Waals surface area contributed by atoms with Crippen molar-refractivity contribution in [2.24, 2.45) is 0 Å². The molecule has 0 radical (unpaired) electrons. The highest BCUT2D eigenvalue weighted by atomic mass is 79.9. The van der Waals surface area contributed by atoms with Crippen LogP contribution in [0.3, 0.4) is 0 Å². The summed E-state index contributed by atoms with van der Waals surface area (Å²) in [6.45, 7) is 2.38. The van der Waals surface area contributed by atoms with Crippen LogP contribution in [0.25, 0.3) is 0 Å². The summed E-state index contributed by atoms with van der Waals surface area (Å²) in [5.41, 5.74) is 10.0. The molecule has 0 atom stereocenters. The van der Waals surface area contributed by atoms with Gasteiger partial charge in [-0.05, 0) is 64.3 Å². The molecule has 0 unspecified atom stereocenters. The van der Waals surface area contributed by atoms with Gasteiger partial charge in [-0.1, -0.05) is 36.4 Å². The highest BCUT2D eigenvalue weighted by Gasteiger charge is 2.14. The topological polar surface area (TPSA) is 71.6 Å². The first kappa shape index (κ1) is 21.7. The minimum atomic E-state index is -0.240. The van der Waals surface area contributed by atoms with Gasteiger partial charge in [0, 0.05) is 17.9 Å². The van der Waals surface area contributed by atoms with Crippen molar-refractivity contribution in [3.63, 3.8) is 0 Å². The number of carbonyl (C=O) groups is 1. The third-order valence-electron chi connectivity index (χ3n) is 4.36. The van der Waals surface area contributed by atoms with Gasteiger partial charge in [0.2, 0.25) is 0 Å². The van der Waals surface area contributed by atoms with Crippen molar-refractivity contribution in [1.29, 1.82) is 0 Å². The van der Waals surface area contributed by atoms with Crippen LogP contribution in [0.5, 0.6) is 11.5 Å². The highest BCUT2D eigenvalue weighted by Crippen LogP contribution is 2.36. The zero-order valence-electron chi connectivity index (χ0n) is 16.9. The number of hydrogen-bond acceptors (Lipinski definition) is 5. The predicted octanol–water partition coefficient (Wildman–Crippen LogP) is 4.90. The number of hydrogen-bond donors (Lipinski definition) is 3. The van der Waals surface area contributed by atoms with E-state index >= 15 is 0 Å². The maximum Gasteiger partial charge on any atom is 0.262 e. The standard InChI is InChI=1S/C23H24BrN3O3/c1-16-8-6-7-11-20(16)26-22(28)15-30-23-19(24)12-17(13-21(23)29-2)14-25-27-18-9-4-3-5-10-18/h3-13,25,27H,14-15H2,1-2H3,(H,26,28). The molecule has 0 fully saturated rings. The van der Waals surface area contributed by atoms with Gasteiger partial charge in [0.25, 0.3) is 5.91 Å². The van der Waals surface area contributed by atoms with Gasteiger partial charge in [0.15, 0.2) is 18.1 Å². The van der Waals surface area contributed by atoms with Gasteiger partial charge in [-0.2, -0.15) is 0 Å². The van der Waals surface area contributed by atoms with E-state index in [1.165, 1.54) is 0 Å². The van der Waals surface area contributed by atoms with E-state index in [1.54, 1.807) is 7.11 Å². The molecule has 6 nitrogen and oxygen atoms in total. The van der Waals surface area contributed by atoms with E-state index in [0.717, 1.165) is 22.5 Å². The lowest BCUT2D eigenvalue weighted by molar-refractivity contribution is -0.118. The number of nitrogens with one attached hydrogen (secondary N) is 3. The van der Waals surface area contributed by atoms with Gasteiger partial charge >= 0.3 is 0 Å². The number of benzene rings is 3. The fourth-order valence-corrected chi connectivity index (χ4v) is 3.43. The second-order valence-electron chi connectivity index (χ2n) is 6.61. The molecular weight excluding hydrogens is 446 g/mol. The number of aryl methyl sites for hydroxylation is 1. The lowest BCUT2D eigenvalue weighted by Crippen LogP contribution is -2.21. The molecule has 0 aliphatic heterocycles. The maximum absolute atomic E-state index is 12.3. The van der Waals surface area contributed by atoms with Crippen LogP contribution in [0.4, 0.5) is 11.4 Å². The Balaban J connectivity index is 1.59. The minimum Gasteiger partial charge on any atom is -0.493 e. The summed E-state index contributed by atoms with van der Waals surface area (Å²) < 4.78 is 11.9. The fraction of sp³-hybridized carbons (Fsp3) is 0.174. The highest BCUT2D eigenvalue weighted by molar-refractivity contribution is 9.10. The summed E-state index contributed by atoms with van der Waals surface area (Å²) in [6.07, 6.45) is 0. The smallest absolute Gasteiger partial charge is 0.262 e. The number of amides is 1. The molecule has 0 saturated carbocycles. The van der Waals surface area contributed by atoms with Gasteiger partial charge in [0.05, 0.1) is 11.6 Å². The molecule has 1 amide bonds. The largest absolute Gasteiger partial charge is 0.493 e. The molecule has 0 spiro atoms. The van der Waals surface area contributed by atoms with Crippen LogP contribution < -0.4 is 25.6 Å². The maximum atomic E-state index is 12.3. The van der Waals surface area contributed by atoms with E-state index in [2.05, 4.69) is 32.1 Å². The quantitative estimate of drug-likeness (QED) is 0.388. The van der Waals surface area contributed by atoms with Crippen molar-refractivity contribution in [2.45, 2.75) is 13.5 Å². The van der Waals surface area contributed by atoms with Gasteiger partial charge in [-0.15, -0.1) is 0 Å². The van der Waals surface area contributed by atoms with Gasteiger partial charge in [-0.25, -0.2) is 5.43 Å². The lowest BCUT2D eigenvalue weighted by atomic mass is 10.2. The van der Waals surface area contributed by atoms with E-state index in [1.807, 2.05) is 73.7 Å².